The first-order chi connectivity index (χ1) is 12.0. The summed E-state index contributed by atoms with van der Waals surface area (Å²) in [6, 6.07) is 10.9. The van der Waals surface area contributed by atoms with Crippen molar-refractivity contribution < 1.29 is 4.79 Å². The largest absolute Gasteiger partial charge is 0.321 e. The molecule has 0 saturated carbocycles. The Morgan fingerprint density at radius 2 is 1.68 bits per heavy atom. The maximum absolute atomic E-state index is 12.4. The van der Waals surface area contributed by atoms with E-state index in [1.807, 2.05) is 64.1 Å². The molecule has 1 aromatic carbocycles. The van der Waals surface area contributed by atoms with E-state index in [4.69, 9.17) is 23.2 Å². The molecule has 132 valence electrons. The van der Waals surface area contributed by atoms with Crippen molar-refractivity contribution in [2.75, 3.05) is 5.32 Å². The minimum Gasteiger partial charge on any atom is -0.321 e. The lowest BCUT2D eigenvalue weighted by atomic mass is 10.0. The minimum atomic E-state index is -0.299. The Labute approximate surface area is 159 Å². The number of nitrogens with one attached hydrogen (secondary N) is 1. The smallest absolute Gasteiger partial charge is 0.258 e. The number of rotatable bonds is 4. The van der Waals surface area contributed by atoms with E-state index >= 15 is 0 Å². The second kappa shape index (κ2) is 10.7. The summed E-state index contributed by atoms with van der Waals surface area (Å²) in [6.45, 7) is 7.77. The molecular weight excluding hydrogens is 355 g/mol. The Balaban J connectivity index is 0.00000151. The van der Waals surface area contributed by atoms with Gasteiger partial charge in [0.25, 0.3) is 5.91 Å². The Hall–Kier alpha value is -2.10. The molecule has 0 saturated heterocycles. The van der Waals surface area contributed by atoms with Crippen molar-refractivity contribution in [3.63, 3.8) is 0 Å². The summed E-state index contributed by atoms with van der Waals surface area (Å²) in [5, 5.41) is 3.74. The molecule has 0 bridgehead atoms. The van der Waals surface area contributed by atoms with Gasteiger partial charge in [-0.15, -0.1) is 0 Å². The summed E-state index contributed by atoms with van der Waals surface area (Å²) >= 11 is 11.8. The SMILES string of the molecule is C/C(Cl)=C\C=C(/C)c1ccccc1NC(=O)c1cccnc1Cl.CC. The molecule has 3 nitrogen and oxygen atoms in total. The molecule has 1 heterocycles. The fourth-order valence-corrected chi connectivity index (χ4v) is 2.28. The monoisotopic (exact) mass is 376 g/mol. The van der Waals surface area contributed by atoms with Gasteiger partial charge in [0.05, 0.1) is 5.56 Å². The number of amides is 1. The molecule has 1 aromatic heterocycles. The summed E-state index contributed by atoms with van der Waals surface area (Å²) in [5.41, 5.74) is 2.93. The fraction of sp³-hybridized carbons (Fsp3) is 0.200. The average molecular weight is 377 g/mol. The van der Waals surface area contributed by atoms with Crippen LogP contribution in [-0.4, -0.2) is 10.9 Å². The van der Waals surface area contributed by atoms with Gasteiger partial charge in [-0.1, -0.05) is 61.3 Å². The lowest BCUT2D eigenvalue weighted by molar-refractivity contribution is 0.102. The Kier molecular flexibility index (Phi) is 8.96. The van der Waals surface area contributed by atoms with Gasteiger partial charge in [0.1, 0.15) is 5.15 Å². The van der Waals surface area contributed by atoms with Crippen LogP contribution in [0.4, 0.5) is 5.69 Å². The molecule has 0 radical (unpaired) electrons. The van der Waals surface area contributed by atoms with E-state index < -0.39 is 0 Å². The maximum atomic E-state index is 12.4. The molecule has 0 aliphatic heterocycles. The number of pyridine rings is 1. The standard InChI is InChI=1S/C18H16Cl2N2O.C2H6/c1-12(9-10-13(2)19)14-6-3-4-8-16(14)22-18(23)15-7-5-11-21-17(15)20;1-2/h3-11H,1-2H3,(H,22,23);1-2H3/b12-9+,13-10+;. The number of para-hydroxylation sites is 1. The first kappa shape index (κ1) is 20.9. The second-order valence-electron chi connectivity index (χ2n) is 4.94. The van der Waals surface area contributed by atoms with Crippen LogP contribution in [0.3, 0.4) is 0 Å². The topological polar surface area (TPSA) is 42.0 Å². The lowest BCUT2D eigenvalue weighted by Gasteiger charge is -2.12. The Morgan fingerprint density at radius 1 is 1.04 bits per heavy atom. The number of benzene rings is 1. The Morgan fingerprint density at radius 3 is 2.32 bits per heavy atom. The highest BCUT2D eigenvalue weighted by molar-refractivity contribution is 6.33. The van der Waals surface area contributed by atoms with E-state index in [0.29, 0.717) is 16.3 Å². The van der Waals surface area contributed by atoms with Crippen molar-refractivity contribution in [3.8, 4) is 0 Å². The van der Waals surface area contributed by atoms with Crippen LogP contribution < -0.4 is 5.32 Å². The number of allylic oxidation sites excluding steroid dienone is 4. The first-order valence-electron chi connectivity index (χ1n) is 8.01. The predicted molar refractivity (Wildman–Crippen MR) is 108 cm³/mol. The molecule has 2 rings (SSSR count). The van der Waals surface area contributed by atoms with E-state index in [-0.39, 0.29) is 11.1 Å². The highest BCUT2D eigenvalue weighted by Crippen LogP contribution is 2.25. The summed E-state index contributed by atoms with van der Waals surface area (Å²) in [6.07, 6.45) is 5.26. The molecule has 0 aliphatic carbocycles. The van der Waals surface area contributed by atoms with E-state index in [0.717, 1.165) is 11.1 Å². The number of hydrogen-bond acceptors (Lipinski definition) is 2. The van der Waals surface area contributed by atoms with Crippen molar-refractivity contribution in [2.24, 2.45) is 0 Å². The third-order valence-electron chi connectivity index (χ3n) is 3.17. The van der Waals surface area contributed by atoms with Crippen molar-refractivity contribution in [1.29, 1.82) is 0 Å². The summed E-state index contributed by atoms with van der Waals surface area (Å²) in [4.78, 5) is 16.3. The average Bonchev–Trinajstić information content (AvgIpc) is 2.62. The summed E-state index contributed by atoms with van der Waals surface area (Å²) < 4.78 is 0. The molecule has 2 aromatic rings. The van der Waals surface area contributed by atoms with Gasteiger partial charge in [0.2, 0.25) is 0 Å². The van der Waals surface area contributed by atoms with E-state index in [1.54, 1.807) is 18.3 Å². The van der Waals surface area contributed by atoms with Gasteiger partial charge in [-0.25, -0.2) is 4.98 Å². The van der Waals surface area contributed by atoms with E-state index in [2.05, 4.69) is 10.3 Å². The number of aromatic nitrogens is 1. The maximum Gasteiger partial charge on any atom is 0.258 e. The van der Waals surface area contributed by atoms with E-state index in [9.17, 15) is 4.79 Å². The van der Waals surface area contributed by atoms with Gasteiger partial charge in [0.15, 0.2) is 0 Å². The van der Waals surface area contributed by atoms with Crippen LogP contribution >= 0.6 is 23.2 Å². The normalized spacial score (nSPS) is 11.4. The number of nitrogens with zero attached hydrogens (tertiary/aromatic N) is 1. The number of carbonyl (C=O) groups is 1. The molecule has 0 unspecified atom stereocenters. The van der Waals surface area contributed by atoms with Crippen LogP contribution in [0.1, 0.15) is 43.6 Å². The molecule has 0 spiro atoms. The van der Waals surface area contributed by atoms with Gasteiger partial charge in [0, 0.05) is 22.5 Å². The summed E-state index contributed by atoms with van der Waals surface area (Å²) in [5.74, 6) is -0.299. The molecule has 1 amide bonds. The molecule has 25 heavy (non-hydrogen) atoms. The number of hydrogen-bond donors (Lipinski definition) is 1. The van der Waals surface area contributed by atoms with Crippen molar-refractivity contribution in [1.82, 2.24) is 4.98 Å². The number of halogens is 2. The molecule has 5 heteroatoms. The number of carbonyl (C=O) groups excluding carboxylic acids is 1. The quantitative estimate of drug-likeness (QED) is 0.484. The van der Waals surface area contributed by atoms with Crippen LogP contribution in [0.2, 0.25) is 5.15 Å². The Bertz CT molecular complexity index is 779. The zero-order chi connectivity index (χ0) is 18.8. The van der Waals surface area contributed by atoms with Crippen LogP contribution in [0, 0.1) is 0 Å². The van der Waals surface area contributed by atoms with Gasteiger partial charge in [-0.05, 0) is 43.7 Å². The summed E-state index contributed by atoms with van der Waals surface area (Å²) in [7, 11) is 0. The zero-order valence-corrected chi connectivity index (χ0v) is 16.3. The third-order valence-corrected chi connectivity index (χ3v) is 3.59. The highest BCUT2D eigenvalue weighted by Gasteiger charge is 2.13. The molecule has 0 atom stereocenters. The lowest BCUT2D eigenvalue weighted by Crippen LogP contribution is -2.14. The predicted octanol–water partition coefficient (Wildman–Crippen LogP) is 6.56. The van der Waals surface area contributed by atoms with Crippen LogP contribution in [0.15, 0.2) is 59.8 Å². The first-order valence-corrected chi connectivity index (χ1v) is 8.76. The van der Waals surface area contributed by atoms with E-state index in [1.165, 1.54) is 0 Å². The van der Waals surface area contributed by atoms with Gasteiger partial charge in [-0.3, -0.25) is 4.79 Å². The van der Waals surface area contributed by atoms with Gasteiger partial charge in [-0.2, -0.15) is 0 Å². The second-order valence-corrected chi connectivity index (χ2v) is 5.90. The number of anilines is 1. The van der Waals surface area contributed by atoms with Crippen LogP contribution in [0.5, 0.6) is 0 Å². The van der Waals surface area contributed by atoms with Crippen molar-refractivity contribution >= 4 is 40.4 Å². The van der Waals surface area contributed by atoms with Crippen LogP contribution in [-0.2, 0) is 0 Å². The highest BCUT2D eigenvalue weighted by atomic mass is 35.5. The minimum absolute atomic E-state index is 0.176. The molecular formula is C20H22Cl2N2O. The molecule has 0 fully saturated rings. The molecule has 1 N–H and O–H groups in total. The van der Waals surface area contributed by atoms with Crippen molar-refractivity contribution in [3.05, 3.63) is 76.1 Å². The fourth-order valence-electron chi connectivity index (χ4n) is 2.01. The van der Waals surface area contributed by atoms with Gasteiger partial charge < -0.3 is 5.32 Å². The zero-order valence-electron chi connectivity index (χ0n) is 14.8. The van der Waals surface area contributed by atoms with Crippen LogP contribution in [0.25, 0.3) is 5.57 Å². The molecule has 0 aliphatic rings. The third kappa shape index (κ3) is 6.37. The van der Waals surface area contributed by atoms with Crippen molar-refractivity contribution in [2.45, 2.75) is 27.7 Å². The van der Waals surface area contributed by atoms with Gasteiger partial charge >= 0.3 is 0 Å².